The van der Waals surface area contributed by atoms with Gasteiger partial charge in [0.05, 0.1) is 4.90 Å². The number of amidine groups is 1. The van der Waals surface area contributed by atoms with Crippen molar-refractivity contribution < 1.29 is 17.9 Å². The molecule has 2 aromatic rings. The fourth-order valence-electron chi connectivity index (χ4n) is 3.64. The van der Waals surface area contributed by atoms with Gasteiger partial charge in [0, 0.05) is 24.4 Å². The summed E-state index contributed by atoms with van der Waals surface area (Å²) < 4.78 is 32.5. The fraction of sp³-hybridized carbons (Fsp3) is 0.381. The van der Waals surface area contributed by atoms with Crippen LogP contribution in [0.15, 0.2) is 52.5 Å². The van der Waals surface area contributed by atoms with Gasteiger partial charge < -0.3 is 10.1 Å². The highest BCUT2D eigenvalue weighted by atomic mass is 32.2. The normalized spacial score (nSPS) is 19.1. The molecule has 9 heteroatoms. The van der Waals surface area contributed by atoms with Crippen molar-refractivity contribution in [3.05, 3.63) is 53.7 Å². The van der Waals surface area contributed by atoms with Crippen molar-refractivity contribution >= 4 is 21.8 Å². The lowest BCUT2D eigenvalue weighted by Gasteiger charge is -2.22. The van der Waals surface area contributed by atoms with Gasteiger partial charge in [-0.1, -0.05) is 18.6 Å². The summed E-state index contributed by atoms with van der Waals surface area (Å²) in [5.74, 6) is 0.455. The second-order valence-corrected chi connectivity index (χ2v) is 9.07. The molecule has 2 heterocycles. The average molecular weight is 429 g/mol. The maximum Gasteiger partial charge on any atom is 0.263 e. The van der Waals surface area contributed by atoms with Crippen LogP contribution < -0.4 is 14.8 Å². The lowest BCUT2D eigenvalue weighted by Crippen LogP contribution is -2.28. The number of sulfonamides is 1. The van der Waals surface area contributed by atoms with Crippen LogP contribution in [0.2, 0.25) is 0 Å². The first-order valence-electron chi connectivity index (χ1n) is 10.1. The molecule has 158 valence electrons. The van der Waals surface area contributed by atoms with Gasteiger partial charge in [0.25, 0.3) is 10.0 Å². The van der Waals surface area contributed by atoms with E-state index in [0.717, 1.165) is 18.4 Å². The average Bonchev–Trinajstić information content (AvgIpc) is 3.02. The number of rotatable bonds is 6. The minimum atomic E-state index is -3.61. The van der Waals surface area contributed by atoms with Crippen molar-refractivity contribution in [2.24, 2.45) is 4.99 Å². The van der Waals surface area contributed by atoms with Crippen molar-refractivity contribution in [3.8, 4) is 5.88 Å². The number of hydrogen-bond acceptors (Lipinski definition) is 6. The number of aromatic nitrogens is 1. The van der Waals surface area contributed by atoms with E-state index in [0.29, 0.717) is 18.0 Å². The van der Waals surface area contributed by atoms with Gasteiger partial charge in [0.15, 0.2) is 0 Å². The Labute approximate surface area is 175 Å². The van der Waals surface area contributed by atoms with Crippen molar-refractivity contribution in [3.63, 3.8) is 0 Å². The van der Waals surface area contributed by atoms with Crippen molar-refractivity contribution in [1.29, 1.82) is 0 Å². The third kappa shape index (κ3) is 4.79. The van der Waals surface area contributed by atoms with Gasteiger partial charge in [-0.05, 0) is 49.4 Å². The molecule has 0 spiro atoms. The van der Waals surface area contributed by atoms with Crippen molar-refractivity contribution in [1.82, 2.24) is 15.0 Å². The quantitative estimate of drug-likeness (QED) is 0.733. The van der Waals surface area contributed by atoms with Crippen molar-refractivity contribution in [2.45, 2.75) is 49.6 Å². The maximum atomic E-state index is 12.2. The number of nitrogens with one attached hydrogen (secondary N) is 2. The minimum Gasteiger partial charge on any atom is -0.474 e. The molecule has 0 atom stereocenters. The standard InChI is InChI=1S/C21H24N4O4S/c26-19(14-24-21-17-8-4-5-9-18(17)30(27,28)25-21)23-13-15-10-11-22-20(12-15)29-16-6-2-1-3-7-16/h4-5,8-12,16H,1-3,6-7,13-14H2,(H,23,26)(H,24,25). The molecule has 0 bridgehead atoms. The molecule has 1 fully saturated rings. The summed E-state index contributed by atoms with van der Waals surface area (Å²) in [6.07, 6.45) is 7.62. The first-order chi connectivity index (χ1) is 14.5. The molecule has 8 nitrogen and oxygen atoms in total. The highest BCUT2D eigenvalue weighted by Gasteiger charge is 2.30. The summed E-state index contributed by atoms with van der Waals surface area (Å²) in [7, 11) is -3.61. The number of carbonyl (C=O) groups is 1. The van der Waals surface area contributed by atoms with E-state index in [4.69, 9.17) is 4.74 Å². The second-order valence-electron chi connectivity index (χ2n) is 7.42. The van der Waals surface area contributed by atoms with E-state index in [1.165, 1.54) is 25.3 Å². The number of fused-ring (bicyclic) bond motifs is 1. The Bertz CT molecular complexity index is 1060. The molecule has 4 rings (SSSR count). The Morgan fingerprint density at radius 1 is 1.20 bits per heavy atom. The second kappa shape index (κ2) is 8.83. The molecule has 2 aliphatic rings. The van der Waals surface area contributed by atoms with E-state index in [9.17, 15) is 13.2 Å². The number of pyridine rings is 1. The van der Waals surface area contributed by atoms with Crippen molar-refractivity contribution in [2.75, 3.05) is 6.54 Å². The van der Waals surface area contributed by atoms with E-state index in [2.05, 4.69) is 20.0 Å². The zero-order valence-electron chi connectivity index (χ0n) is 16.5. The van der Waals surface area contributed by atoms with Crippen LogP contribution in [0.4, 0.5) is 0 Å². The van der Waals surface area contributed by atoms with Gasteiger partial charge in [-0.25, -0.2) is 13.4 Å². The number of amides is 1. The molecule has 0 saturated heterocycles. The lowest BCUT2D eigenvalue weighted by atomic mass is 9.98. The van der Waals surface area contributed by atoms with Crippen LogP contribution in [0.3, 0.4) is 0 Å². The molecule has 2 N–H and O–H groups in total. The van der Waals surface area contributed by atoms with Crippen LogP contribution in [0, 0.1) is 0 Å². The summed E-state index contributed by atoms with van der Waals surface area (Å²) in [4.78, 5) is 20.8. The monoisotopic (exact) mass is 428 g/mol. The summed E-state index contributed by atoms with van der Waals surface area (Å²) >= 11 is 0. The summed E-state index contributed by atoms with van der Waals surface area (Å²) in [6.45, 7) is 0.137. The van der Waals surface area contributed by atoms with E-state index < -0.39 is 10.0 Å². The maximum absolute atomic E-state index is 12.2. The molecule has 1 aromatic heterocycles. The predicted molar refractivity (Wildman–Crippen MR) is 112 cm³/mol. The Balaban J connectivity index is 1.32. The Morgan fingerprint density at radius 2 is 2.00 bits per heavy atom. The predicted octanol–water partition coefficient (Wildman–Crippen LogP) is 2.15. The van der Waals surface area contributed by atoms with Crippen LogP contribution in [-0.2, 0) is 21.4 Å². The third-order valence-electron chi connectivity index (χ3n) is 5.17. The van der Waals surface area contributed by atoms with E-state index in [1.54, 1.807) is 24.4 Å². The van der Waals surface area contributed by atoms with E-state index in [1.807, 2.05) is 12.1 Å². The van der Waals surface area contributed by atoms with Crippen LogP contribution in [0.5, 0.6) is 5.88 Å². The van der Waals surface area contributed by atoms with E-state index >= 15 is 0 Å². The first-order valence-corrected chi connectivity index (χ1v) is 11.5. The van der Waals surface area contributed by atoms with Gasteiger partial charge >= 0.3 is 0 Å². The minimum absolute atomic E-state index is 0.173. The van der Waals surface area contributed by atoms with Gasteiger partial charge in [-0.3, -0.25) is 14.5 Å². The Hall–Kier alpha value is -2.94. The number of nitrogens with zero attached hydrogens (tertiary/aromatic N) is 2. The number of benzene rings is 1. The van der Waals surface area contributed by atoms with Crippen LogP contribution >= 0.6 is 0 Å². The molecular weight excluding hydrogens is 404 g/mol. The topological polar surface area (TPSA) is 110 Å². The smallest absolute Gasteiger partial charge is 0.263 e. The zero-order chi connectivity index (χ0) is 21.0. The van der Waals surface area contributed by atoms with Crippen LogP contribution in [0.1, 0.15) is 43.2 Å². The fourth-order valence-corrected chi connectivity index (χ4v) is 4.89. The van der Waals surface area contributed by atoms with Crippen LogP contribution in [-0.4, -0.2) is 37.8 Å². The van der Waals surface area contributed by atoms with Crippen LogP contribution in [0.25, 0.3) is 0 Å². The molecule has 0 unspecified atom stereocenters. The molecule has 1 saturated carbocycles. The lowest BCUT2D eigenvalue weighted by molar-refractivity contribution is -0.119. The van der Waals surface area contributed by atoms with Gasteiger partial charge in [-0.15, -0.1) is 0 Å². The SMILES string of the molecule is O=C(CN=C1NS(=O)(=O)c2ccccc21)NCc1ccnc(OC2CCCCC2)c1. The number of aliphatic imine (C=N–C) groups is 1. The summed E-state index contributed by atoms with van der Waals surface area (Å²) in [6, 6.07) is 10.2. The Morgan fingerprint density at radius 3 is 2.83 bits per heavy atom. The van der Waals surface area contributed by atoms with Gasteiger partial charge in [0.2, 0.25) is 11.8 Å². The molecule has 1 aliphatic carbocycles. The number of ether oxygens (including phenoxy) is 1. The molecule has 1 aliphatic heterocycles. The molecular formula is C21H24N4O4S. The molecule has 1 aromatic carbocycles. The van der Waals surface area contributed by atoms with E-state index in [-0.39, 0.29) is 29.3 Å². The van der Waals surface area contributed by atoms with Gasteiger partial charge in [-0.2, -0.15) is 0 Å². The number of carbonyl (C=O) groups excluding carboxylic acids is 1. The number of hydrogen-bond donors (Lipinski definition) is 2. The summed E-state index contributed by atoms with van der Waals surface area (Å²) in [5, 5.41) is 2.79. The third-order valence-corrected chi connectivity index (χ3v) is 6.57. The van der Waals surface area contributed by atoms with Gasteiger partial charge in [0.1, 0.15) is 18.5 Å². The molecule has 30 heavy (non-hydrogen) atoms. The Kier molecular flexibility index (Phi) is 5.98. The zero-order valence-corrected chi connectivity index (χ0v) is 17.3. The summed E-state index contributed by atoms with van der Waals surface area (Å²) in [5.41, 5.74) is 1.35. The largest absolute Gasteiger partial charge is 0.474 e. The molecule has 0 radical (unpaired) electrons. The first kappa shape index (κ1) is 20.3. The highest BCUT2D eigenvalue weighted by Crippen LogP contribution is 2.23. The molecule has 1 amide bonds. The highest BCUT2D eigenvalue weighted by molar-refractivity contribution is 7.90.